The zero-order chi connectivity index (χ0) is 19.2. The third kappa shape index (κ3) is 3.31. The first-order chi connectivity index (χ1) is 12.8. The van der Waals surface area contributed by atoms with Gasteiger partial charge in [0.15, 0.2) is 0 Å². The Hall–Kier alpha value is -1.40. The quantitative estimate of drug-likeness (QED) is 0.648. The number of rotatable bonds is 4. The molecule has 0 bridgehead atoms. The lowest BCUT2D eigenvalue weighted by Crippen LogP contribution is -2.41. The zero-order valence-corrected chi connectivity index (χ0v) is 17.3. The lowest BCUT2D eigenvalue weighted by atomic mass is 9.74. The van der Waals surface area contributed by atoms with Crippen LogP contribution < -0.4 is 10.1 Å². The maximum atomic E-state index is 6.33. The summed E-state index contributed by atoms with van der Waals surface area (Å²) in [6.07, 6.45) is 0.835. The molecule has 0 radical (unpaired) electrons. The van der Waals surface area contributed by atoms with Gasteiger partial charge in [0.05, 0.1) is 16.1 Å². The monoisotopic (exact) mass is 382 g/mol. The molecule has 2 aliphatic heterocycles. The Morgan fingerprint density at radius 3 is 2.44 bits per heavy atom. The van der Waals surface area contributed by atoms with Gasteiger partial charge in [0, 0.05) is 12.0 Å². The molecule has 140 valence electrons. The minimum atomic E-state index is -0.383. The molecule has 0 N–H and O–H groups in total. The van der Waals surface area contributed by atoms with Crippen LogP contribution in [0.15, 0.2) is 46.2 Å². The van der Waals surface area contributed by atoms with Gasteiger partial charge in [0.25, 0.3) is 0 Å². The molecule has 27 heavy (non-hydrogen) atoms. The Morgan fingerprint density at radius 2 is 1.74 bits per heavy atom. The van der Waals surface area contributed by atoms with Gasteiger partial charge in [0.1, 0.15) is 5.75 Å². The van der Waals surface area contributed by atoms with E-state index in [4.69, 9.17) is 18.6 Å². The standard InChI is InChI=1S/C20H24B2O4S/c1-19(2)20(3,4)26-22(25-19)15-10-11-16(24-21-23-5)18-14(15)12-13-8-6-7-9-17(13)27-18/h6-11,21H,12H2,1-5H3. The normalized spacial score (nSPS) is 19.4. The molecule has 4 rings (SSSR count). The van der Waals surface area contributed by atoms with Gasteiger partial charge in [-0.2, -0.15) is 0 Å². The first-order valence-corrected chi connectivity index (χ1v) is 10.0. The Balaban J connectivity index is 1.77. The van der Waals surface area contributed by atoms with Crippen LogP contribution in [-0.2, 0) is 20.4 Å². The maximum Gasteiger partial charge on any atom is 0.506 e. The highest BCUT2D eigenvalue weighted by Gasteiger charge is 2.52. The highest BCUT2D eigenvalue weighted by molar-refractivity contribution is 7.99. The summed E-state index contributed by atoms with van der Waals surface area (Å²) in [5.41, 5.74) is 2.88. The summed E-state index contributed by atoms with van der Waals surface area (Å²) in [5, 5.41) is 0. The summed E-state index contributed by atoms with van der Waals surface area (Å²) in [6, 6.07) is 12.6. The van der Waals surface area contributed by atoms with Crippen LogP contribution in [0, 0.1) is 0 Å². The number of fused-ring (bicyclic) bond motifs is 2. The fraction of sp³-hybridized carbons (Fsp3) is 0.400. The van der Waals surface area contributed by atoms with Crippen molar-refractivity contribution in [2.24, 2.45) is 0 Å². The lowest BCUT2D eigenvalue weighted by Gasteiger charge is -2.32. The summed E-state index contributed by atoms with van der Waals surface area (Å²) >= 11 is 1.74. The molecule has 4 nitrogen and oxygen atoms in total. The predicted octanol–water partition coefficient (Wildman–Crippen LogP) is 3.33. The molecule has 2 aromatic carbocycles. The van der Waals surface area contributed by atoms with Crippen LogP contribution in [0.2, 0.25) is 0 Å². The average Bonchev–Trinajstić information content (AvgIpc) is 2.85. The van der Waals surface area contributed by atoms with Crippen LogP contribution in [-0.4, -0.2) is 33.1 Å². The molecule has 0 amide bonds. The Morgan fingerprint density at radius 1 is 1.04 bits per heavy atom. The van der Waals surface area contributed by atoms with Crippen molar-refractivity contribution in [3.05, 3.63) is 47.5 Å². The van der Waals surface area contributed by atoms with E-state index in [1.165, 1.54) is 16.0 Å². The van der Waals surface area contributed by atoms with Crippen LogP contribution >= 0.6 is 11.8 Å². The molecule has 0 saturated carbocycles. The molecule has 1 fully saturated rings. The van der Waals surface area contributed by atoms with Crippen molar-refractivity contribution in [2.75, 3.05) is 7.11 Å². The molecule has 2 heterocycles. The molecule has 0 aromatic heterocycles. The van der Waals surface area contributed by atoms with Crippen LogP contribution in [0.5, 0.6) is 5.75 Å². The van der Waals surface area contributed by atoms with E-state index in [2.05, 4.69) is 58.0 Å². The Kier molecular flexibility index (Phi) is 4.83. The summed E-state index contributed by atoms with van der Waals surface area (Å²) in [5.74, 6) is 0.839. The Labute approximate surface area is 166 Å². The molecule has 0 aliphatic carbocycles. The second-order valence-corrected chi connectivity index (χ2v) is 9.04. The summed E-state index contributed by atoms with van der Waals surface area (Å²) in [7, 11) is 1.48. The highest BCUT2D eigenvalue weighted by atomic mass is 32.2. The molecule has 7 heteroatoms. The van der Waals surface area contributed by atoms with Crippen molar-refractivity contribution < 1.29 is 18.6 Å². The smallest absolute Gasteiger partial charge is 0.506 e. The van der Waals surface area contributed by atoms with Crippen LogP contribution in [0.3, 0.4) is 0 Å². The van der Waals surface area contributed by atoms with E-state index in [9.17, 15) is 0 Å². The van der Waals surface area contributed by atoms with Gasteiger partial charge in [-0.3, -0.25) is 0 Å². The second-order valence-electron chi connectivity index (χ2n) is 7.99. The largest absolute Gasteiger partial charge is 0.538 e. The summed E-state index contributed by atoms with van der Waals surface area (Å²) in [6.45, 7) is 8.33. The van der Waals surface area contributed by atoms with Gasteiger partial charge in [-0.15, -0.1) is 0 Å². The van der Waals surface area contributed by atoms with Gasteiger partial charge < -0.3 is 18.6 Å². The molecule has 1 saturated heterocycles. The molecule has 0 spiro atoms. The Bertz CT molecular complexity index is 853. The zero-order valence-electron chi connectivity index (χ0n) is 16.5. The first-order valence-electron chi connectivity index (χ1n) is 9.21. The lowest BCUT2D eigenvalue weighted by molar-refractivity contribution is 0.00578. The minimum Gasteiger partial charge on any atom is -0.538 e. The summed E-state index contributed by atoms with van der Waals surface area (Å²) < 4.78 is 23.6. The van der Waals surface area contributed by atoms with Gasteiger partial charge in [-0.1, -0.05) is 36.0 Å². The first kappa shape index (κ1) is 18.9. The third-order valence-corrected chi connectivity index (χ3v) is 6.92. The van der Waals surface area contributed by atoms with Crippen LogP contribution in [0.1, 0.15) is 38.8 Å². The number of hydrogen-bond donors (Lipinski definition) is 0. The van der Waals surface area contributed by atoms with Crippen LogP contribution in [0.4, 0.5) is 0 Å². The topological polar surface area (TPSA) is 36.9 Å². The van der Waals surface area contributed by atoms with E-state index < -0.39 is 0 Å². The maximum absolute atomic E-state index is 6.33. The van der Waals surface area contributed by atoms with E-state index in [0.717, 1.165) is 22.5 Å². The highest BCUT2D eigenvalue weighted by Crippen LogP contribution is 2.45. The van der Waals surface area contributed by atoms with Crippen molar-refractivity contribution in [3.63, 3.8) is 0 Å². The van der Waals surface area contributed by atoms with Gasteiger partial charge in [0.2, 0.25) is 0 Å². The van der Waals surface area contributed by atoms with Gasteiger partial charge >= 0.3 is 14.8 Å². The molecular weight excluding hydrogens is 358 g/mol. The van der Waals surface area contributed by atoms with Crippen LogP contribution in [0.25, 0.3) is 0 Å². The number of benzene rings is 2. The van der Waals surface area contributed by atoms with E-state index in [-0.39, 0.29) is 26.0 Å². The van der Waals surface area contributed by atoms with Crippen molar-refractivity contribution in [1.29, 1.82) is 0 Å². The molecule has 2 aliphatic rings. The van der Waals surface area contributed by atoms with Gasteiger partial charge in [-0.05, 0) is 62.8 Å². The third-order valence-electron chi connectivity index (χ3n) is 5.65. The number of hydrogen-bond acceptors (Lipinski definition) is 5. The van der Waals surface area contributed by atoms with E-state index in [1.54, 1.807) is 18.9 Å². The molecule has 2 aromatic rings. The predicted molar refractivity (Wildman–Crippen MR) is 110 cm³/mol. The molecular formula is C20H24B2O4S. The van der Waals surface area contributed by atoms with Crippen molar-refractivity contribution in [1.82, 2.24) is 0 Å². The molecule has 0 unspecified atom stereocenters. The SMILES string of the molecule is COBOc1ccc(B2OC(C)(C)C(C)(C)O2)c2c1Sc1ccccc1C2. The van der Waals surface area contributed by atoms with E-state index in [0.29, 0.717) is 0 Å². The van der Waals surface area contributed by atoms with Crippen molar-refractivity contribution in [3.8, 4) is 5.75 Å². The van der Waals surface area contributed by atoms with E-state index in [1.807, 2.05) is 6.07 Å². The van der Waals surface area contributed by atoms with Crippen molar-refractivity contribution >= 4 is 32.0 Å². The fourth-order valence-electron chi connectivity index (χ4n) is 3.39. The van der Waals surface area contributed by atoms with Crippen molar-refractivity contribution in [2.45, 2.75) is 55.1 Å². The molecule has 0 atom stereocenters. The average molecular weight is 382 g/mol. The van der Waals surface area contributed by atoms with Gasteiger partial charge in [-0.25, -0.2) is 0 Å². The fourth-order valence-corrected chi connectivity index (χ4v) is 4.57. The minimum absolute atomic E-state index is 0.227. The van der Waals surface area contributed by atoms with E-state index >= 15 is 0 Å². The summed E-state index contributed by atoms with van der Waals surface area (Å²) in [4.78, 5) is 2.39. The second kappa shape index (κ2) is 6.89.